The molecule has 0 saturated carbocycles. The molecule has 53 heavy (non-hydrogen) atoms. The number of pyridine rings is 2. The van der Waals surface area contributed by atoms with Gasteiger partial charge in [0.1, 0.15) is 11.1 Å². The van der Waals surface area contributed by atoms with E-state index in [4.69, 9.17) is 19.4 Å². The van der Waals surface area contributed by atoms with E-state index >= 15 is 0 Å². The summed E-state index contributed by atoms with van der Waals surface area (Å²) in [6.45, 7) is 0. The van der Waals surface area contributed by atoms with Gasteiger partial charge in [0.05, 0.1) is 17.1 Å². The molecule has 4 heterocycles. The first-order chi connectivity index (χ1) is 26.2. The molecule has 0 bridgehead atoms. The zero-order valence-corrected chi connectivity index (χ0v) is 28.5. The molecule has 0 spiro atoms. The van der Waals surface area contributed by atoms with Crippen molar-refractivity contribution in [2.24, 2.45) is 0 Å². The molecule has 0 fully saturated rings. The average Bonchev–Trinajstić information content (AvgIpc) is 3.63. The minimum Gasteiger partial charge on any atom is -0.454 e. The van der Waals surface area contributed by atoms with Gasteiger partial charge in [-0.15, -0.1) is 0 Å². The Hall–Kier alpha value is -7.24. The molecule has 0 amide bonds. The lowest BCUT2D eigenvalue weighted by Gasteiger charge is -2.14. The van der Waals surface area contributed by atoms with Crippen molar-refractivity contribution in [3.8, 4) is 67.4 Å². The van der Waals surface area contributed by atoms with Crippen LogP contribution in [-0.2, 0) is 0 Å². The van der Waals surface area contributed by atoms with Crippen molar-refractivity contribution in [3.05, 3.63) is 182 Å². The largest absolute Gasteiger partial charge is 0.454 e. The van der Waals surface area contributed by atoms with Gasteiger partial charge in [0, 0.05) is 45.6 Å². The predicted molar refractivity (Wildman–Crippen MR) is 215 cm³/mol. The number of nitrogens with zero attached hydrogens (tertiary/aromatic N) is 4. The Labute approximate surface area is 305 Å². The molecule has 4 aromatic heterocycles. The van der Waals surface area contributed by atoms with Gasteiger partial charge in [-0.3, -0.25) is 9.97 Å². The molecule has 0 unspecified atom stereocenters. The Bertz CT molecular complexity index is 2950. The Morgan fingerprint density at radius 3 is 1.94 bits per heavy atom. The molecule has 0 atom stereocenters. The van der Waals surface area contributed by atoms with E-state index in [-0.39, 0.29) is 0 Å². The summed E-state index contributed by atoms with van der Waals surface area (Å²) >= 11 is 0. The van der Waals surface area contributed by atoms with Crippen molar-refractivity contribution in [2.45, 2.75) is 0 Å². The Balaban J connectivity index is 1.21. The normalized spacial score (nSPS) is 11.4. The fourth-order valence-electron chi connectivity index (χ4n) is 7.13. The first kappa shape index (κ1) is 30.6. The van der Waals surface area contributed by atoms with Crippen molar-refractivity contribution in [2.75, 3.05) is 0 Å². The summed E-state index contributed by atoms with van der Waals surface area (Å²) in [7, 11) is 0. The molecule has 5 nitrogen and oxygen atoms in total. The molecule has 0 radical (unpaired) electrons. The summed E-state index contributed by atoms with van der Waals surface area (Å²) in [5.41, 5.74) is 13.1. The summed E-state index contributed by atoms with van der Waals surface area (Å²) in [6.07, 6.45) is 3.69. The summed E-state index contributed by atoms with van der Waals surface area (Å²) in [5, 5.41) is 3.38. The van der Waals surface area contributed by atoms with Crippen LogP contribution in [0.5, 0.6) is 0 Å². The monoisotopic (exact) mass is 678 g/mol. The van der Waals surface area contributed by atoms with Gasteiger partial charge in [0.2, 0.25) is 0 Å². The molecule has 10 aromatic rings. The molecular formula is C48H30N4O. The van der Waals surface area contributed by atoms with Crippen LogP contribution in [0.2, 0.25) is 0 Å². The topological polar surface area (TPSA) is 64.7 Å². The molecule has 0 aliphatic heterocycles. The van der Waals surface area contributed by atoms with Crippen LogP contribution in [-0.4, -0.2) is 19.9 Å². The van der Waals surface area contributed by atoms with Crippen molar-refractivity contribution >= 4 is 32.8 Å². The molecule has 0 N–H and O–H groups in total. The lowest BCUT2D eigenvalue weighted by Crippen LogP contribution is -1.97. The smallest absolute Gasteiger partial charge is 0.161 e. The van der Waals surface area contributed by atoms with Crippen molar-refractivity contribution in [1.29, 1.82) is 0 Å². The lowest BCUT2D eigenvalue weighted by atomic mass is 9.93. The third-order valence-corrected chi connectivity index (χ3v) is 9.76. The second-order valence-electron chi connectivity index (χ2n) is 13.1. The lowest BCUT2D eigenvalue weighted by molar-refractivity contribution is 0.669. The highest BCUT2D eigenvalue weighted by Crippen LogP contribution is 2.39. The summed E-state index contributed by atoms with van der Waals surface area (Å²) < 4.78 is 6.50. The number of fused-ring (bicyclic) bond motifs is 4. The van der Waals surface area contributed by atoms with Crippen molar-refractivity contribution in [1.82, 2.24) is 19.9 Å². The zero-order chi connectivity index (χ0) is 35.1. The van der Waals surface area contributed by atoms with Gasteiger partial charge < -0.3 is 4.42 Å². The molecule has 5 heteroatoms. The molecule has 248 valence electrons. The summed E-state index contributed by atoms with van der Waals surface area (Å²) in [6, 6.07) is 58.5. The van der Waals surface area contributed by atoms with Crippen LogP contribution in [0.4, 0.5) is 0 Å². The van der Waals surface area contributed by atoms with Gasteiger partial charge in [-0.2, -0.15) is 0 Å². The molecule has 10 rings (SSSR count). The average molecular weight is 679 g/mol. The quantitative estimate of drug-likeness (QED) is 0.175. The highest BCUT2D eigenvalue weighted by atomic mass is 16.3. The third kappa shape index (κ3) is 5.71. The molecule has 0 saturated heterocycles. The Morgan fingerprint density at radius 1 is 0.377 bits per heavy atom. The van der Waals surface area contributed by atoms with Crippen LogP contribution in [0.25, 0.3) is 100 Å². The van der Waals surface area contributed by atoms with E-state index in [1.54, 1.807) is 0 Å². The molecular weight excluding hydrogens is 649 g/mol. The highest BCUT2D eigenvalue weighted by molar-refractivity contribution is 6.07. The van der Waals surface area contributed by atoms with Gasteiger partial charge >= 0.3 is 0 Å². The van der Waals surface area contributed by atoms with Crippen molar-refractivity contribution in [3.63, 3.8) is 0 Å². The maximum Gasteiger partial charge on any atom is 0.161 e. The minimum absolute atomic E-state index is 0.655. The highest BCUT2D eigenvalue weighted by Gasteiger charge is 2.18. The van der Waals surface area contributed by atoms with Crippen LogP contribution in [0.15, 0.2) is 187 Å². The van der Waals surface area contributed by atoms with E-state index in [1.807, 2.05) is 73.1 Å². The number of benzene rings is 6. The number of hydrogen-bond acceptors (Lipinski definition) is 5. The van der Waals surface area contributed by atoms with E-state index < -0.39 is 0 Å². The second kappa shape index (κ2) is 12.8. The Morgan fingerprint density at radius 2 is 1.08 bits per heavy atom. The van der Waals surface area contributed by atoms with E-state index in [9.17, 15) is 0 Å². The van der Waals surface area contributed by atoms with Crippen LogP contribution in [0, 0.1) is 0 Å². The van der Waals surface area contributed by atoms with Crippen molar-refractivity contribution < 1.29 is 4.42 Å². The number of hydrogen-bond donors (Lipinski definition) is 0. The fraction of sp³-hybridized carbons (Fsp3) is 0. The minimum atomic E-state index is 0.655. The number of furan rings is 1. The van der Waals surface area contributed by atoms with Gasteiger partial charge in [-0.05, 0) is 94.2 Å². The summed E-state index contributed by atoms with van der Waals surface area (Å²) in [5.74, 6) is 0.655. The SMILES string of the molecule is c1ccc(-c2nc(-c3cccc(-c4ccccn4)c3)cc(-c3cc(-c4ccc5ccccc5c4)cc(-c4ccnc5c4oc4ccccc45)c3)n2)cc1. The van der Waals surface area contributed by atoms with Gasteiger partial charge in [0.15, 0.2) is 11.4 Å². The second-order valence-corrected chi connectivity index (χ2v) is 13.1. The third-order valence-electron chi connectivity index (χ3n) is 9.76. The first-order valence-electron chi connectivity index (χ1n) is 17.6. The molecule has 0 aliphatic rings. The zero-order valence-electron chi connectivity index (χ0n) is 28.5. The number of rotatable bonds is 6. The van der Waals surface area contributed by atoms with Crippen LogP contribution >= 0.6 is 0 Å². The number of aromatic nitrogens is 4. The number of para-hydroxylation sites is 1. The predicted octanol–water partition coefficient (Wildman–Crippen LogP) is 12.3. The van der Waals surface area contributed by atoms with E-state index in [1.165, 1.54) is 10.8 Å². The van der Waals surface area contributed by atoms with E-state index in [2.05, 4.69) is 114 Å². The van der Waals surface area contributed by atoms with Crippen LogP contribution < -0.4 is 0 Å². The standard InChI is InChI=1S/C48H30N4O/c1-2-12-32(13-3-1)48-51-43(36-16-10-15-35(26-36)42-18-8-9-23-49-42)30-44(52-48)39-28-37(34-21-20-31-11-4-5-14-33(31)25-34)27-38(29-39)40-22-24-50-46-41-17-6-7-19-45(41)53-47(40)46/h1-30H. The summed E-state index contributed by atoms with van der Waals surface area (Å²) in [4.78, 5) is 19.7. The van der Waals surface area contributed by atoms with Crippen LogP contribution in [0.1, 0.15) is 0 Å². The van der Waals surface area contributed by atoms with E-state index in [0.717, 1.165) is 83.7 Å². The van der Waals surface area contributed by atoms with Gasteiger partial charge in [-0.25, -0.2) is 9.97 Å². The maximum atomic E-state index is 6.50. The molecule has 0 aliphatic carbocycles. The van der Waals surface area contributed by atoms with E-state index in [0.29, 0.717) is 5.82 Å². The van der Waals surface area contributed by atoms with Gasteiger partial charge in [0.25, 0.3) is 0 Å². The van der Waals surface area contributed by atoms with Gasteiger partial charge in [-0.1, -0.05) is 103 Å². The van der Waals surface area contributed by atoms with Crippen LogP contribution in [0.3, 0.4) is 0 Å². The fourth-order valence-corrected chi connectivity index (χ4v) is 7.13. The molecule has 6 aromatic carbocycles. The Kier molecular flexibility index (Phi) is 7.40. The first-order valence-corrected chi connectivity index (χ1v) is 17.6. The maximum absolute atomic E-state index is 6.50.